The summed E-state index contributed by atoms with van der Waals surface area (Å²) in [6, 6.07) is 1.17. The number of likely N-dealkylation sites (N-methyl/N-ethyl adjacent to an activating group) is 1. The number of carbonyl (C=O) groups is 1. The van der Waals surface area contributed by atoms with E-state index in [2.05, 4.69) is 15.3 Å². The minimum atomic E-state index is -4.69. The molecule has 0 spiro atoms. The predicted molar refractivity (Wildman–Crippen MR) is 73.2 cm³/mol. The van der Waals surface area contributed by atoms with E-state index in [0.29, 0.717) is 6.54 Å². The van der Waals surface area contributed by atoms with E-state index in [0.717, 1.165) is 0 Å². The first-order valence-corrected chi connectivity index (χ1v) is 6.57. The highest BCUT2D eigenvalue weighted by atomic mass is 35.5. The number of nitrogens with zero attached hydrogens (tertiary/aromatic N) is 3. The Bertz CT molecular complexity index is 508. The molecule has 0 radical (unpaired) electrons. The number of rotatable bonds is 5. The molecule has 1 amide bonds. The number of halogens is 4. The van der Waals surface area contributed by atoms with Crippen LogP contribution in [0.5, 0.6) is 0 Å². The molecule has 1 aromatic heterocycles. The van der Waals surface area contributed by atoms with Crippen LogP contribution in [0.3, 0.4) is 0 Å². The second-order valence-corrected chi connectivity index (χ2v) is 5.31. The zero-order chi connectivity index (χ0) is 16.2. The summed E-state index contributed by atoms with van der Waals surface area (Å²) in [6.07, 6.45) is -4.69. The topological polar surface area (TPSA) is 58.1 Å². The number of amides is 1. The lowest BCUT2D eigenvalue weighted by atomic mass is 10.2. The van der Waals surface area contributed by atoms with Gasteiger partial charge in [0.25, 0.3) is 0 Å². The molecule has 1 N–H and O–H groups in total. The van der Waals surface area contributed by atoms with Crippen molar-refractivity contribution in [1.82, 2.24) is 15.3 Å². The summed E-state index contributed by atoms with van der Waals surface area (Å²) in [5, 5.41) is 2.33. The van der Waals surface area contributed by atoms with Crippen LogP contribution in [0.4, 0.5) is 19.0 Å². The molecule has 21 heavy (non-hydrogen) atoms. The number of hydrogen-bond donors (Lipinski definition) is 1. The maximum Gasteiger partial charge on any atom is 0.451 e. The van der Waals surface area contributed by atoms with Gasteiger partial charge in [-0.2, -0.15) is 13.2 Å². The minimum absolute atomic E-state index is 0.0676. The van der Waals surface area contributed by atoms with Crippen molar-refractivity contribution in [1.29, 1.82) is 0 Å². The van der Waals surface area contributed by atoms with Gasteiger partial charge in [0, 0.05) is 19.7 Å². The van der Waals surface area contributed by atoms with E-state index in [-0.39, 0.29) is 29.3 Å². The van der Waals surface area contributed by atoms with Gasteiger partial charge in [0.2, 0.25) is 11.7 Å². The highest BCUT2D eigenvalue weighted by molar-refractivity contribution is 6.29. The van der Waals surface area contributed by atoms with Crippen LogP contribution < -0.4 is 10.2 Å². The second kappa shape index (κ2) is 6.93. The lowest BCUT2D eigenvalue weighted by Gasteiger charge is -2.19. The Morgan fingerprint density at radius 3 is 2.57 bits per heavy atom. The van der Waals surface area contributed by atoms with Crippen molar-refractivity contribution >= 4 is 23.3 Å². The third kappa shape index (κ3) is 5.74. The van der Waals surface area contributed by atoms with Gasteiger partial charge < -0.3 is 10.2 Å². The van der Waals surface area contributed by atoms with Crippen molar-refractivity contribution in [3.05, 3.63) is 17.0 Å². The Labute approximate surface area is 125 Å². The average molecular weight is 325 g/mol. The van der Waals surface area contributed by atoms with E-state index in [1.165, 1.54) is 18.0 Å². The molecule has 9 heteroatoms. The monoisotopic (exact) mass is 324 g/mol. The van der Waals surface area contributed by atoms with Crippen molar-refractivity contribution in [3.8, 4) is 0 Å². The fourth-order valence-corrected chi connectivity index (χ4v) is 1.58. The first kappa shape index (κ1) is 17.5. The Hall–Kier alpha value is -1.57. The minimum Gasteiger partial charge on any atom is -0.354 e. The molecule has 0 aliphatic carbocycles. The van der Waals surface area contributed by atoms with Crippen molar-refractivity contribution in [3.63, 3.8) is 0 Å². The van der Waals surface area contributed by atoms with Gasteiger partial charge in [-0.3, -0.25) is 4.79 Å². The third-order valence-electron chi connectivity index (χ3n) is 2.41. The first-order valence-electron chi connectivity index (χ1n) is 6.19. The molecule has 0 unspecified atom stereocenters. The molecule has 118 valence electrons. The van der Waals surface area contributed by atoms with E-state index < -0.39 is 12.0 Å². The maximum atomic E-state index is 12.6. The van der Waals surface area contributed by atoms with Gasteiger partial charge in [0.05, 0.1) is 6.54 Å². The van der Waals surface area contributed by atoms with Crippen molar-refractivity contribution in [2.45, 2.75) is 20.0 Å². The molecule has 0 fully saturated rings. The maximum absolute atomic E-state index is 12.6. The normalized spacial score (nSPS) is 11.6. The number of carbonyl (C=O) groups excluding carboxylic acids is 1. The van der Waals surface area contributed by atoms with E-state index in [9.17, 15) is 18.0 Å². The van der Waals surface area contributed by atoms with E-state index in [1.54, 1.807) is 0 Å². The van der Waals surface area contributed by atoms with Crippen LogP contribution in [0, 0.1) is 5.92 Å². The summed E-state index contributed by atoms with van der Waals surface area (Å²) in [6.45, 7) is 4.23. The largest absolute Gasteiger partial charge is 0.451 e. The molecule has 1 heterocycles. The summed E-state index contributed by atoms with van der Waals surface area (Å²) in [4.78, 5) is 19.4. The van der Waals surface area contributed by atoms with E-state index in [1.807, 2.05) is 13.8 Å². The molecular weight excluding hydrogens is 309 g/mol. The molecule has 0 saturated heterocycles. The average Bonchev–Trinajstić information content (AvgIpc) is 2.34. The van der Waals surface area contributed by atoms with E-state index >= 15 is 0 Å². The molecule has 5 nitrogen and oxygen atoms in total. The summed E-state index contributed by atoms with van der Waals surface area (Å²) in [7, 11) is 1.45. The van der Waals surface area contributed by atoms with Crippen LogP contribution in [0.25, 0.3) is 0 Å². The molecule has 0 aromatic carbocycles. The van der Waals surface area contributed by atoms with Crippen molar-refractivity contribution in [2.24, 2.45) is 5.92 Å². The standard InChI is InChI=1S/C12H16ClF3N4O/c1-7(2)5-17-10(21)6-20(3)9-4-8(13)18-11(19-9)12(14,15)16/h4,7H,5-6H2,1-3H3,(H,17,21). The van der Waals surface area contributed by atoms with Crippen LogP contribution in [0.1, 0.15) is 19.7 Å². The smallest absolute Gasteiger partial charge is 0.354 e. The van der Waals surface area contributed by atoms with Crippen LogP contribution in [-0.4, -0.2) is 36.0 Å². The quantitative estimate of drug-likeness (QED) is 0.845. The van der Waals surface area contributed by atoms with Crippen molar-refractivity contribution in [2.75, 3.05) is 25.0 Å². The van der Waals surface area contributed by atoms with Crippen LogP contribution in [-0.2, 0) is 11.0 Å². The van der Waals surface area contributed by atoms with Gasteiger partial charge in [-0.15, -0.1) is 0 Å². The highest BCUT2D eigenvalue weighted by Gasteiger charge is 2.35. The predicted octanol–water partition coefficient (Wildman–Crippen LogP) is 2.36. The Kier molecular flexibility index (Phi) is 5.77. The molecule has 0 aliphatic rings. The molecular formula is C12H16ClF3N4O. The number of nitrogens with one attached hydrogen (secondary N) is 1. The number of anilines is 1. The summed E-state index contributed by atoms with van der Waals surface area (Å²) < 4.78 is 37.8. The lowest BCUT2D eigenvalue weighted by molar-refractivity contribution is -0.144. The Morgan fingerprint density at radius 2 is 2.05 bits per heavy atom. The molecule has 0 saturated carbocycles. The lowest BCUT2D eigenvalue weighted by Crippen LogP contribution is -2.37. The van der Waals surface area contributed by atoms with Crippen LogP contribution in [0.15, 0.2) is 6.07 Å². The van der Waals surface area contributed by atoms with Gasteiger partial charge in [-0.1, -0.05) is 25.4 Å². The molecule has 0 aliphatic heterocycles. The molecule has 0 atom stereocenters. The first-order chi connectivity index (χ1) is 9.59. The fourth-order valence-electron chi connectivity index (χ4n) is 1.40. The number of alkyl halides is 3. The zero-order valence-corrected chi connectivity index (χ0v) is 12.6. The van der Waals surface area contributed by atoms with E-state index in [4.69, 9.17) is 11.6 Å². The Balaban J connectivity index is 2.80. The molecule has 1 aromatic rings. The van der Waals surface area contributed by atoms with Gasteiger partial charge in [-0.25, -0.2) is 9.97 Å². The van der Waals surface area contributed by atoms with Gasteiger partial charge in [0.15, 0.2) is 0 Å². The number of hydrogen-bond acceptors (Lipinski definition) is 4. The van der Waals surface area contributed by atoms with Gasteiger partial charge in [0.1, 0.15) is 11.0 Å². The van der Waals surface area contributed by atoms with Crippen LogP contribution in [0.2, 0.25) is 5.15 Å². The summed E-state index contributed by atoms with van der Waals surface area (Å²) in [5.41, 5.74) is 0. The summed E-state index contributed by atoms with van der Waals surface area (Å²) >= 11 is 5.56. The fraction of sp³-hybridized carbons (Fsp3) is 0.583. The number of aromatic nitrogens is 2. The summed E-state index contributed by atoms with van der Waals surface area (Å²) in [5.74, 6) is -1.43. The van der Waals surface area contributed by atoms with Crippen LogP contribution >= 0.6 is 11.6 Å². The van der Waals surface area contributed by atoms with Gasteiger partial charge >= 0.3 is 6.18 Å². The third-order valence-corrected chi connectivity index (χ3v) is 2.61. The van der Waals surface area contributed by atoms with Crippen molar-refractivity contribution < 1.29 is 18.0 Å². The molecule has 0 bridgehead atoms. The Morgan fingerprint density at radius 1 is 1.43 bits per heavy atom. The molecule has 1 rings (SSSR count). The van der Waals surface area contributed by atoms with Gasteiger partial charge in [-0.05, 0) is 5.92 Å². The highest BCUT2D eigenvalue weighted by Crippen LogP contribution is 2.28. The SMILES string of the molecule is CC(C)CNC(=O)CN(C)c1cc(Cl)nc(C(F)(F)F)n1. The zero-order valence-electron chi connectivity index (χ0n) is 11.8. The second-order valence-electron chi connectivity index (χ2n) is 4.92.